The lowest BCUT2D eigenvalue weighted by atomic mass is 9.99. The topological polar surface area (TPSA) is 185 Å². The molecule has 4 atom stereocenters. The maximum Gasteiger partial charge on any atom is 0.261 e. The van der Waals surface area contributed by atoms with Crippen molar-refractivity contribution < 1.29 is 43.0 Å². The van der Waals surface area contributed by atoms with Gasteiger partial charge in [0.15, 0.2) is 17.3 Å². The molecule has 0 fully saturated rings. The number of anilines is 3. The number of amides is 4. The first kappa shape index (κ1) is 55.5. The highest BCUT2D eigenvalue weighted by Gasteiger charge is 2.38. The summed E-state index contributed by atoms with van der Waals surface area (Å²) in [5.74, 6) is 0.393. The van der Waals surface area contributed by atoms with Crippen LogP contribution in [0.2, 0.25) is 0 Å². The van der Waals surface area contributed by atoms with Crippen LogP contribution >= 0.6 is 21.6 Å². The minimum atomic E-state index is -0.796. The molecule has 5 aromatic rings. The quantitative estimate of drug-likeness (QED) is 0.0468. The first-order valence-corrected chi connectivity index (χ1v) is 28.9. The van der Waals surface area contributed by atoms with Crippen molar-refractivity contribution in [1.29, 1.82) is 0 Å². The van der Waals surface area contributed by atoms with E-state index in [4.69, 9.17) is 24.2 Å². The minimum absolute atomic E-state index is 0.0162. The number of benzene rings is 5. The molecule has 5 aromatic carbocycles. The summed E-state index contributed by atoms with van der Waals surface area (Å²) in [5, 5.41) is 5.84. The molecule has 0 aromatic heterocycles. The number of aryl methyl sites for hydroxylation is 1. The molecule has 4 aliphatic rings. The fraction of sp³-hybridized carbons (Fsp3) is 0.377. The number of carbonyl (C=O) groups is 6. The third-order valence-electron chi connectivity index (χ3n) is 14.5. The number of nitrogens with zero attached hydrogens (tertiary/aromatic N) is 4. The van der Waals surface area contributed by atoms with E-state index in [9.17, 15) is 28.8 Å². The van der Waals surface area contributed by atoms with Gasteiger partial charge in [0, 0.05) is 96.6 Å². The number of ether oxygens (including phenoxy) is 3. The number of methoxy groups -OCH3 is 1. The number of carbonyl (C=O) groups excluding carboxylic acids is 6. The van der Waals surface area contributed by atoms with E-state index < -0.39 is 17.9 Å². The van der Waals surface area contributed by atoms with Crippen LogP contribution in [0.15, 0.2) is 101 Å². The molecule has 0 unspecified atom stereocenters. The summed E-state index contributed by atoms with van der Waals surface area (Å²) in [7, 11) is 4.92. The van der Waals surface area contributed by atoms with Crippen LogP contribution in [0.1, 0.15) is 122 Å². The smallest absolute Gasteiger partial charge is 0.261 e. The maximum atomic E-state index is 14.1. The zero-order valence-electron chi connectivity index (χ0n) is 45.2. The van der Waals surface area contributed by atoms with E-state index >= 15 is 0 Å². The molecule has 0 bridgehead atoms. The van der Waals surface area contributed by atoms with Gasteiger partial charge in [0.25, 0.3) is 11.8 Å². The second-order valence-electron chi connectivity index (χ2n) is 21.0. The van der Waals surface area contributed by atoms with E-state index in [1.54, 1.807) is 76.9 Å². The fourth-order valence-electron chi connectivity index (χ4n) is 10.1. The molecule has 0 saturated heterocycles. The van der Waals surface area contributed by atoms with Gasteiger partial charge in [0.2, 0.25) is 11.8 Å². The van der Waals surface area contributed by atoms with E-state index in [1.807, 2.05) is 85.6 Å². The van der Waals surface area contributed by atoms with Gasteiger partial charge in [-0.25, -0.2) is 0 Å². The number of para-hydroxylation sites is 2. The number of rotatable bonds is 23. The van der Waals surface area contributed by atoms with Crippen LogP contribution in [0.25, 0.3) is 0 Å². The van der Waals surface area contributed by atoms with Gasteiger partial charge in [-0.2, -0.15) is 0 Å². The van der Waals surface area contributed by atoms with Crippen molar-refractivity contribution in [2.75, 3.05) is 28.0 Å². The second kappa shape index (κ2) is 24.2. The average molecular weight is 1090 g/mol. The maximum absolute atomic E-state index is 14.1. The highest BCUT2D eigenvalue weighted by Crippen LogP contribution is 2.43. The van der Waals surface area contributed by atoms with Gasteiger partial charge >= 0.3 is 0 Å². The van der Waals surface area contributed by atoms with Gasteiger partial charge in [-0.05, 0) is 111 Å². The third kappa shape index (κ3) is 12.7. The summed E-state index contributed by atoms with van der Waals surface area (Å²) in [5.41, 5.74) is 8.28. The average Bonchev–Trinajstić information content (AvgIpc) is 3.99. The lowest BCUT2D eigenvalue weighted by molar-refractivity contribution is -0.129. The molecule has 0 spiro atoms. The number of ketones is 2. The molecule has 0 radical (unpaired) electrons. The summed E-state index contributed by atoms with van der Waals surface area (Å²) in [6.07, 6.45) is 7.66. The SMILES string of the molecule is CCC(=O)CCCSSC(C)(C)CCC(=O)N[C@@H](C)C(=O)C[C@H](C)C(=O)Nc1cc(COc2cc3c(cc2C)C(=O)N2c4ccccc4C[C@H]2C=N3)cc(COc2cc3c(cc2OC)C(=O)N2c4ccccc4C[C@H]2C=N3)c1. The van der Waals surface area contributed by atoms with E-state index in [0.29, 0.717) is 88.7 Å². The zero-order chi connectivity index (χ0) is 55.3. The van der Waals surface area contributed by atoms with Crippen molar-refractivity contribution in [3.8, 4) is 17.2 Å². The second-order valence-corrected chi connectivity index (χ2v) is 24.1. The zero-order valence-corrected chi connectivity index (χ0v) is 46.8. The van der Waals surface area contributed by atoms with Gasteiger partial charge < -0.3 is 24.8 Å². The molecule has 2 N–H and O–H groups in total. The number of hydrogen-bond donors (Lipinski definition) is 2. The van der Waals surface area contributed by atoms with E-state index in [2.05, 4.69) is 24.5 Å². The number of fused-ring (bicyclic) bond motifs is 8. The summed E-state index contributed by atoms with van der Waals surface area (Å²) in [6, 6.07) is 27.0. The molecule has 78 heavy (non-hydrogen) atoms. The monoisotopic (exact) mass is 1090 g/mol. The molecule has 9 rings (SSSR count). The molecule has 15 nitrogen and oxygen atoms in total. The molecular weight excluding hydrogens is 1020 g/mol. The van der Waals surface area contributed by atoms with Crippen LogP contribution in [0.3, 0.4) is 0 Å². The Morgan fingerprint density at radius 2 is 1.33 bits per heavy atom. The molecular formula is C61H66N6O9S2. The molecule has 4 aliphatic heterocycles. The van der Waals surface area contributed by atoms with Crippen LogP contribution in [0.4, 0.5) is 28.4 Å². The Morgan fingerprint density at radius 3 is 1.94 bits per heavy atom. The Hall–Kier alpha value is -7.24. The van der Waals surface area contributed by atoms with Gasteiger partial charge in [-0.3, -0.25) is 48.6 Å². The van der Waals surface area contributed by atoms with Crippen LogP contribution in [0.5, 0.6) is 17.2 Å². The van der Waals surface area contributed by atoms with E-state index in [0.717, 1.165) is 40.2 Å². The predicted octanol–water partition coefficient (Wildman–Crippen LogP) is 11.5. The number of Topliss-reactive ketones (excluding diaryl/α,β-unsaturated/α-hetero) is 2. The lowest BCUT2D eigenvalue weighted by Gasteiger charge is -2.23. The summed E-state index contributed by atoms with van der Waals surface area (Å²) in [4.78, 5) is 93.3. The van der Waals surface area contributed by atoms with Crippen LogP contribution in [0, 0.1) is 12.8 Å². The van der Waals surface area contributed by atoms with Crippen molar-refractivity contribution in [2.24, 2.45) is 15.9 Å². The van der Waals surface area contributed by atoms with Crippen molar-refractivity contribution in [3.05, 3.63) is 130 Å². The Bertz CT molecular complexity index is 3230. The molecule has 17 heteroatoms. The lowest BCUT2D eigenvalue weighted by Crippen LogP contribution is -2.40. The first-order valence-electron chi connectivity index (χ1n) is 26.6. The largest absolute Gasteiger partial charge is 0.493 e. The fourth-order valence-corrected chi connectivity index (χ4v) is 12.8. The number of nitrogens with one attached hydrogen (secondary N) is 2. The third-order valence-corrected chi connectivity index (χ3v) is 17.9. The van der Waals surface area contributed by atoms with Crippen molar-refractivity contribution in [3.63, 3.8) is 0 Å². The normalized spacial score (nSPS) is 16.6. The van der Waals surface area contributed by atoms with E-state index in [1.165, 1.54) is 7.11 Å². The minimum Gasteiger partial charge on any atom is -0.493 e. The van der Waals surface area contributed by atoms with Crippen molar-refractivity contribution in [1.82, 2.24) is 5.32 Å². The van der Waals surface area contributed by atoms with Gasteiger partial charge in [-0.1, -0.05) is 71.8 Å². The van der Waals surface area contributed by atoms with Gasteiger partial charge in [0.1, 0.15) is 24.7 Å². The van der Waals surface area contributed by atoms with Crippen molar-refractivity contribution >= 4 is 97.6 Å². The van der Waals surface area contributed by atoms with Crippen molar-refractivity contribution in [2.45, 2.75) is 129 Å². The molecule has 0 aliphatic carbocycles. The molecule has 4 heterocycles. The van der Waals surface area contributed by atoms with E-state index in [-0.39, 0.29) is 72.2 Å². The van der Waals surface area contributed by atoms with Crippen LogP contribution in [-0.2, 0) is 45.2 Å². The first-order chi connectivity index (χ1) is 37.5. The Labute approximate surface area is 463 Å². The Kier molecular flexibility index (Phi) is 17.2. The standard InChI is InChI=1S/C61H66N6O9S2/c1-8-46(68)16-13-21-77-78-61(5,6)20-19-57(70)64-38(4)53(69)23-37(3)58(71)65-43-25-39(34-75-54-30-49-47(22-36(54)2)59(72)66-44(32-62-49)27-41-14-9-11-17-51(41)66)24-40(26-43)35-76-56-31-50-48(29-55(56)74-7)60(73)67-45(33-63-50)28-42-15-10-12-18-52(42)67/h9-12,14-15,17-18,22,24-26,29-33,37-38,44-45H,8,13,16,19-21,23,27-28,34-35H2,1-7H3,(H,64,70)(H,65,71)/t37-,38-,44-,45-/m0/s1. The predicted molar refractivity (Wildman–Crippen MR) is 310 cm³/mol. The highest BCUT2D eigenvalue weighted by molar-refractivity contribution is 8.77. The van der Waals surface area contributed by atoms with Crippen LogP contribution < -0.4 is 34.6 Å². The molecule has 0 saturated carbocycles. The number of aliphatic imine (C=N–C) groups is 2. The summed E-state index contributed by atoms with van der Waals surface area (Å²) in [6.45, 7) is 11.3. The van der Waals surface area contributed by atoms with Gasteiger partial charge in [0.05, 0.1) is 47.7 Å². The summed E-state index contributed by atoms with van der Waals surface area (Å²) >= 11 is 0. The Morgan fingerprint density at radius 1 is 0.756 bits per heavy atom. The summed E-state index contributed by atoms with van der Waals surface area (Å²) < 4.78 is 18.5. The number of hydrogen-bond acceptors (Lipinski definition) is 13. The molecule has 4 amide bonds. The van der Waals surface area contributed by atoms with Crippen LogP contribution in [-0.4, -0.2) is 83.4 Å². The van der Waals surface area contributed by atoms with Gasteiger partial charge in [-0.15, -0.1) is 0 Å². The Balaban J connectivity index is 0.886. The highest BCUT2D eigenvalue weighted by atomic mass is 33.1. The molecule has 406 valence electrons.